The monoisotopic (exact) mass is 291 g/mol. The summed E-state index contributed by atoms with van der Waals surface area (Å²) in [5.41, 5.74) is 0.822. The van der Waals surface area contributed by atoms with Crippen LogP contribution in [0.5, 0.6) is 5.75 Å². The van der Waals surface area contributed by atoms with E-state index in [4.69, 9.17) is 16.3 Å². The minimum atomic E-state index is -0.405. The first-order valence-corrected chi connectivity index (χ1v) is 6.99. The Bertz CT molecular complexity index is 586. The molecule has 0 saturated carbocycles. The summed E-state index contributed by atoms with van der Waals surface area (Å²) < 4.78 is 19.7. The van der Waals surface area contributed by atoms with Gasteiger partial charge in [0.15, 0.2) is 0 Å². The fraction of sp³-hybridized carbons (Fsp3) is 0.250. The summed E-state index contributed by atoms with van der Waals surface area (Å²) >= 11 is 5.74. The van der Waals surface area contributed by atoms with Gasteiger partial charge >= 0.3 is 0 Å². The molecule has 4 heteroatoms. The quantitative estimate of drug-likeness (QED) is 0.925. The van der Waals surface area contributed by atoms with Gasteiger partial charge in [-0.3, -0.25) is 0 Å². The van der Waals surface area contributed by atoms with Crippen LogP contribution in [0, 0.1) is 11.7 Å². The number of benzene rings is 2. The van der Waals surface area contributed by atoms with Crippen molar-refractivity contribution in [2.75, 3.05) is 13.1 Å². The van der Waals surface area contributed by atoms with Crippen molar-refractivity contribution in [3.63, 3.8) is 0 Å². The van der Waals surface area contributed by atoms with Crippen LogP contribution in [0.15, 0.2) is 48.5 Å². The molecular weight excluding hydrogens is 277 g/mol. The number of halogens is 2. The molecule has 1 aliphatic rings. The zero-order chi connectivity index (χ0) is 13.9. The highest BCUT2D eigenvalue weighted by molar-refractivity contribution is 6.30. The SMILES string of the molecule is Fc1cc(C(Oc2ccccc2)C2CNC2)ccc1Cl. The molecule has 1 saturated heterocycles. The molecule has 0 spiro atoms. The molecule has 1 N–H and O–H groups in total. The van der Waals surface area contributed by atoms with Crippen LogP contribution in [0.4, 0.5) is 4.39 Å². The molecular formula is C16H15ClFNO. The fourth-order valence-corrected chi connectivity index (χ4v) is 2.41. The third-order valence-corrected chi connectivity index (χ3v) is 3.83. The molecule has 2 aromatic carbocycles. The van der Waals surface area contributed by atoms with Gasteiger partial charge in [-0.25, -0.2) is 4.39 Å². The summed E-state index contributed by atoms with van der Waals surface area (Å²) in [4.78, 5) is 0. The van der Waals surface area contributed by atoms with Crippen molar-refractivity contribution < 1.29 is 9.13 Å². The lowest BCUT2D eigenvalue weighted by Gasteiger charge is -2.35. The number of nitrogens with one attached hydrogen (secondary N) is 1. The van der Waals surface area contributed by atoms with E-state index in [9.17, 15) is 4.39 Å². The maximum absolute atomic E-state index is 13.7. The van der Waals surface area contributed by atoms with Gasteiger partial charge in [-0.05, 0) is 29.8 Å². The third-order valence-electron chi connectivity index (χ3n) is 3.52. The van der Waals surface area contributed by atoms with Crippen LogP contribution < -0.4 is 10.1 Å². The molecule has 1 atom stereocenters. The van der Waals surface area contributed by atoms with Crippen LogP contribution in [0.2, 0.25) is 5.02 Å². The Morgan fingerprint density at radius 3 is 2.50 bits per heavy atom. The predicted molar refractivity (Wildman–Crippen MR) is 77.6 cm³/mol. The second-order valence-corrected chi connectivity index (χ2v) is 5.35. The van der Waals surface area contributed by atoms with Crippen molar-refractivity contribution in [3.8, 4) is 5.75 Å². The minimum Gasteiger partial charge on any atom is -0.485 e. The fourth-order valence-electron chi connectivity index (χ4n) is 2.30. The average Bonchev–Trinajstić information content (AvgIpc) is 2.40. The summed E-state index contributed by atoms with van der Waals surface area (Å²) in [6, 6.07) is 14.5. The van der Waals surface area contributed by atoms with Crippen molar-refractivity contribution in [2.45, 2.75) is 6.10 Å². The highest BCUT2D eigenvalue weighted by Gasteiger charge is 2.30. The van der Waals surface area contributed by atoms with E-state index in [0.29, 0.717) is 5.92 Å². The van der Waals surface area contributed by atoms with E-state index < -0.39 is 5.82 Å². The molecule has 0 bridgehead atoms. The molecule has 104 valence electrons. The first-order valence-electron chi connectivity index (χ1n) is 6.61. The van der Waals surface area contributed by atoms with E-state index in [1.807, 2.05) is 36.4 Å². The van der Waals surface area contributed by atoms with Gasteiger partial charge in [0.25, 0.3) is 0 Å². The summed E-state index contributed by atoms with van der Waals surface area (Å²) in [6.07, 6.45) is -0.162. The molecule has 0 aliphatic carbocycles. The first kappa shape index (κ1) is 13.4. The molecule has 0 radical (unpaired) electrons. The van der Waals surface area contributed by atoms with E-state index in [2.05, 4.69) is 5.32 Å². The van der Waals surface area contributed by atoms with Crippen LogP contribution >= 0.6 is 11.6 Å². The van der Waals surface area contributed by atoms with E-state index in [-0.39, 0.29) is 11.1 Å². The van der Waals surface area contributed by atoms with Crippen molar-refractivity contribution in [1.82, 2.24) is 5.32 Å². The smallest absolute Gasteiger partial charge is 0.142 e. The van der Waals surface area contributed by atoms with E-state index in [1.54, 1.807) is 6.07 Å². The van der Waals surface area contributed by atoms with Crippen LogP contribution in [-0.2, 0) is 0 Å². The van der Waals surface area contributed by atoms with E-state index >= 15 is 0 Å². The van der Waals surface area contributed by atoms with Gasteiger partial charge in [-0.15, -0.1) is 0 Å². The summed E-state index contributed by atoms with van der Waals surface area (Å²) in [6.45, 7) is 1.75. The van der Waals surface area contributed by atoms with E-state index in [0.717, 1.165) is 24.4 Å². The van der Waals surface area contributed by atoms with Gasteiger partial charge in [-0.1, -0.05) is 35.9 Å². The minimum absolute atomic E-state index is 0.138. The number of hydrogen-bond donors (Lipinski definition) is 1. The Morgan fingerprint density at radius 2 is 1.90 bits per heavy atom. The average molecular weight is 292 g/mol. The number of para-hydroxylation sites is 1. The molecule has 2 nitrogen and oxygen atoms in total. The second kappa shape index (κ2) is 5.81. The highest BCUT2D eigenvalue weighted by atomic mass is 35.5. The van der Waals surface area contributed by atoms with Gasteiger partial charge < -0.3 is 10.1 Å². The Balaban J connectivity index is 1.87. The Kier molecular flexibility index (Phi) is 3.90. The Morgan fingerprint density at radius 1 is 1.15 bits per heavy atom. The van der Waals surface area contributed by atoms with Gasteiger partial charge in [0.05, 0.1) is 5.02 Å². The molecule has 20 heavy (non-hydrogen) atoms. The molecule has 1 unspecified atom stereocenters. The summed E-state index contributed by atoms with van der Waals surface area (Å²) in [5, 5.41) is 3.36. The lowest BCUT2D eigenvalue weighted by Crippen LogP contribution is -2.46. The molecule has 0 amide bonds. The van der Waals surface area contributed by atoms with Gasteiger partial charge in [0.1, 0.15) is 17.7 Å². The van der Waals surface area contributed by atoms with Crippen LogP contribution in [-0.4, -0.2) is 13.1 Å². The van der Waals surface area contributed by atoms with Crippen molar-refractivity contribution in [2.24, 2.45) is 5.92 Å². The lowest BCUT2D eigenvalue weighted by molar-refractivity contribution is 0.0990. The summed E-state index contributed by atoms with van der Waals surface area (Å²) in [5.74, 6) is 0.730. The van der Waals surface area contributed by atoms with Gasteiger partial charge in [0.2, 0.25) is 0 Å². The topological polar surface area (TPSA) is 21.3 Å². The third kappa shape index (κ3) is 2.79. The molecule has 2 aromatic rings. The van der Waals surface area contributed by atoms with Gasteiger partial charge in [0, 0.05) is 19.0 Å². The molecule has 1 aliphatic heterocycles. The Hall–Kier alpha value is -1.58. The van der Waals surface area contributed by atoms with Crippen LogP contribution in [0.1, 0.15) is 11.7 Å². The van der Waals surface area contributed by atoms with Crippen molar-refractivity contribution >= 4 is 11.6 Å². The highest BCUT2D eigenvalue weighted by Crippen LogP contribution is 2.32. The number of rotatable bonds is 4. The Labute approximate surface area is 122 Å². The van der Waals surface area contributed by atoms with Crippen LogP contribution in [0.3, 0.4) is 0 Å². The standard InChI is InChI=1S/C16H15ClFNO/c17-14-7-6-11(8-15(14)18)16(12-9-19-10-12)20-13-4-2-1-3-5-13/h1-8,12,16,19H,9-10H2. The molecule has 3 rings (SSSR count). The predicted octanol–water partition coefficient (Wildman–Crippen LogP) is 3.82. The second-order valence-electron chi connectivity index (χ2n) is 4.94. The normalized spacial score (nSPS) is 16.5. The maximum atomic E-state index is 13.7. The summed E-state index contributed by atoms with van der Waals surface area (Å²) in [7, 11) is 0. The maximum Gasteiger partial charge on any atom is 0.142 e. The van der Waals surface area contributed by atoms with Crippen LogP contribution in [0.25, 0.3) is 0 Å². The zero-order valence-corrected chi connectivity index (χ0v) is 11.6. The zero-order valence-electron chi connectivity index (χ0n) is 10.9. The molecule has 1 fully saturated rings. The van der Waals surface area contributed by atoms with Crippen molar-refractivity contribution in [3.05, 3.63) is 64.9 Å². The molecule has 0 aromatic heterocycles. The first-order chi connectivity index (χ1) is 9.74. The largest absolute Gasteiger partial charge is 0.485 e. The van der Waals surface area contributed by atoms with E-state index in [1.165, 1.54) is 6.07 Å². The van der Waals surface area contributed by atoms with Crippen molar-refractivity contribution in [1.29, 1.82) is 0 Å². The lowest BCUT2D eigenvalue weighted by atomic mass is 9.90. The number of ether oxygens (including phenoxy) is 1. The van der Waals surface area contributed by atoms with Gasteiger partial charge in [-0.2, -0.15) is 0 Å². The number of hydrogen-bond acceptors (Lipinski definition) is 2. The molecule has 1 heterocycles.